The van der Waals surface area contributed by atoms with Crippen LogP contribution in [0.4, 0.5) is 5.00 Å². The zero-order valence-electron chi connectivity index (χ0n) is 14.6. The summed E-state index contributed by atoms with van der Waals surface area (Å²) in [6, 6.07) is 2.30. The van der Waals surface area contributed by atoms with Crippen molar-refractivity contribution < 1.29 is 9.53 Å². The first-order valence-corrected chi connectivity index (χ1v) is 9.50. The molecule has 1 fully saturated rings. The number of nitriles is 1. The largest absolute Gasteiger partial charge is 0.373 e. The summed E-state index contributed by atoms with van der Waals surface area (Å²) in [5.41, 5.74) is 1.84. The molecule has 6 heteroatoms. The van der Waals surface area contributed by atoms with E-state index in [0.717, 1.165) is 42.9 Å². The molecule has 1 aliphatic carbocycles. The van der Waals surface area contributed by atoms with Gasteiger partial charge in [-0.25, -0.2) is 0 Å². The first-order valence-electron chi connectivity index (χ1n) is 8.68. The molecule has 0 spiro atoms. The Morgan fingerprint density at radius 2 is 2.08 bits per heavy atom. The molecule has 1 N–H and O–H groups in total. The van der Waals surface area contributed by atoms with Crippen molar-refractivity contribution in [3.8, 4) is 6.07 Å². The van der Waals surface area contributed by atoms with Gasteiger partial charge in [-0.1, -0.05) is 6.92 Å². The molecular weight excluding hydrogens is 322 g/mol. The van der Waals surface area contributed by atoms with Crippen molar-refractivity contribution in [1.82, 2.24) is 4.90 Å². The molecule has 0 aromatic carbocycles. The van der Waals surface area contributed by atoms with E-state index in [-0.39, 0.29) is 18.1 Å². The van der Waals surface area contributed by atoms with Gasteiger partial charge in [-0.05, 0) is 44.6 Å². The number of ether oxygens (including phenoxy) is 1. The predicted molar refractivity (Wildman–Crippen MR) is 95.3 cm³/mol. The van der Waals surface area contributed by atoms with Crippen LogP contribution in [0.5, 0.6) is 0 Å². The maximum absolute atomic E-state index is 12.4. The van der Waals surface area contributed by atoms with Gasteiger partial charge >= 0.3 is 0 Å². The number of anilines is 1. The van der Waals surface area contributed by atoms with Gasteiger partial charge in [0.25, 0.3) is 0 Å². The summed E-state index contributed by atoms with van der Waals surface area (Å²) in [5.74, 6) is 0.613. The van der Waals surface area contributed by atoms with E-state index in [1.807, 2.05) is 13.8 Å². The lowest BCUT2D eigenvalue weighted by Gasteiger charge is -2.34. The van der Waals surface area contributed by atoms with Gasteiger partial charge in [-0.3, -0.25) is 9.69 Å². The van der Waals surface area contributed by atoms with E-state index in [1.54, 1.807) is 11.3 Å². The number of amides is 1. The Kier molecular flexibility index (Phi) is 5.24. The first kappa shape index (κ1) is 17.4. The SMILES string of the molecule is C[C@@H]1CCc2c(sc(NC(=O)CN3C[C@@H](C)O[C@H](C)C3)c2C#N)C1. The fourth-order valence-corrected chi connectivity index (χ4v) is 5.12. The van der Waals surface area contributed by atoms with Crippen molar-refractivity contribution in [3.05, 3.63) is 16.0 Å². The summed E-state index contributed by atoms with van der Waals surface area (Å²) in [7, 11) is 0. The van der Waals surface area contributed by atoms with Crippen LogP contribution in [-0.4, -0.2) is 42.6 Å². The van der Waals surface area contributed by atoms with Gasteiger partial charge < -0.3 is 10.1 Å². The topological polar surface area (TPSA) is 65.4 Å². The lowest BCUT2D eigenvalue weighted by molar-refractivity contribution is -0.121. The second-order valence-corrected chi connectivity index (χ2v) is 8.27. The quantitative estimate of drug-likeness (QED) is 0.913. The second-order valence-electron chi connectivity index (χ2n) is 7.17. The van der Waals surface area contributed by atoms with Crippen LogP contribution in [0.25, 0.3) is 0 Å². The van der Waals surface area contributed by atoms with Gasteiger partial charge in [-0.15, -0.1) is 11.3 Å². The molecule has 2 heterocycles. The average molecular weight is 347 g/mol. The molecular formula is C18H25N3O2S. The van der Waals surface area contributed by atoms with Gasteiger partial charge in [0.1, 0.15) is 11.1 Å². The van der Waals surface area contributed by atoms with E-state index in [9.17, 15) is 10.1 Å². The van der Waals surface area contributed by atoms with Crippen LogP contribution in [0.3, 0.4) is 0 Å². The van der Waals surface area contributed by atoms with Crippen LogP contribution in [0.2, 0.25) is 0 Å². The molecule has 24 heavy (non-hydrogen) atoms. The highest BCUT2D eigenvalue weighted by atomic mass is 32.1. The zero-order chi connectivity index (χ0) is 17.3. The lowest BCUT2D eigenvalue weighted by atomic mass is 9.89. The highest BCUT2D eigenvalue weighted by Gasteiger charge is 2.26. The van der Waals surface area contributed by atoms with E-state index < -0.39 is 0 Å². The highest BCUT2D eigenvalue weighted by molar-refractivity contribution is 7.16. The number of rotatable bonds is 3. The Hall–Kier alpha value is -1.42. The van der Waals surface area contributed by atoms with Gasteiger partial charge in [-0.2, -0.15) is 5.26 Å². The van der Waals surface area contributed by atoms with Crippen molar-refractivity contribution in [2.45, 2.75) is 52.2 Å². The number of carbonyl (C=O) groups excluding carboxylic acids is 1. The summed E-state index contributed by atoms with van der Waals surface area (Å²) >= 11 is 1.58. The molecule has 0 unspecified atom stereocenters. The Balaban J connectivity index is 1.67. The van der Waals surface area contributed by atoms with Gasteiger partial charge in [0.15, 0.2) is 0 Å². The summed E-state index contributed by atoms with van der Waals surface area (Å²) in [5, 5.41) is 13.2. The Morgan fingerprint density at radius 1 is 1.38 bits per heavy atom. The predicted octanol–water partition coefficient (Wildman–Crippen LogP) is 2.79. The summed E-state index contributed by atoms with van der Waals surface area (Å²) in [6.07, 6.45) is 3.38. The van der Waals surface area contributed by atoms with Crippen molar-refractivity contribution in [2.24, 2.45) is 5.92 Å². The third kappa shape index (κ3) is 3.80. The number of nitrogens with zero attached hydrogens (tertiary/aromatic N) is 2. The number of thiophene rings is 1. The minimum atomic E-state index is -0.0422. The van der Waals surface area contributed by atoms with Crippen molar-refractivity contribution >= 4 is 22.2 Å². The average Bonchev–Trinajstić information content (AvgIpc) is 2.81. The normalized spacial score (nSPS) is 27.3. The van der Waals surface area contributed by atoms with Crippen LogP contribution in [0.1, 0.15) is 43.2 Å². The van der Waals surface area contributed by atoms with E-state index in [0.29, 0.717) is 18.0 Å². The van der Waals surface area contributed by atoms with Crippen LogP contribution < -0.4 is 5.32 Å². The van der Waals surface area contributed by atoms with Crippen molar-refractivity contribution in [2.75, 3.05) is 25.0 Å². The number of carbonyl (C=O) groups is 1. The van der Waals surface area contributed by atoms with E-state index in [2.05, 4.69) is 23.2 Å². The molecule has 2 aliphatic rings. The van der Waals surface area contributed by atoms with Crippen LogP contribution in [-0.2, 0) is 22.4 Å². The van der Waals surface area contributed by atoms with Gasteiger partial charge in [0.05, 0.1) is 24.3 Å². The third-order valence-corrected chi connectivity index (χ3v) is 5.91. The van der Waals surface area contributed by atoms with Crippen molar-refractivity contribution in [3.63, 3.8) is 0 Å². The molecule has 1 saturated heterocycles. The minimum absolute atomic E-state index is 0.0422. The second kappa shape index (κ2) is 7.22. The molecule has 1 amide bonds. The zero-order valence-corrected chi connectivity index (χ0v) is 15.4. The smallest absolute Gasteiger partial charge is 0.239 e. The molecule has 0 bridgehead atoms. The molecule has 3 atom stereocenters. The number of morpholine rings is 1. The summed E-state index contributed by atoms with van der Waals surface area (Å²) in [6.45, 7) is 8.18. The Labute approximate surface area is 147 Å². The van der Waals surface area contributed by atoms with Crippen LogP contribution in [0, 0.1) is 17.2 Å². The molecule has 0 radical (unpaired) electrons. The van der Waals surface area contributed by atoms with Crippen molar-refractivity contribution in [1.29, 1.82) is 5.26 Å². The number of hydrogen-bond donors (Lipinski definition) is 1. The molecule has 1 aliphatic heterocycles. The van der Waals surface area contributed by atoms with E-state index in [4.69, 9.17) is 4.74 Å². The molecule has 130 valence electrons. The van der Waals surface area contributed by atoms with Crippen LogP contribution >= 0.6 is 11.3 Å². The molecule has 3 rings (SSSR count). The van der Waals surface area contributed by atoms with Crippen LogP contribution in [0.15, 0.2) is 0 Å². The van der Waals surface area contributed by atoms with E-state index >= 15 is 0 Å². The van der Waals surface area contributed by atoms with Gasteiger partial charge in [0.2, 0.25) is 5.91 Å². The fraction of sp³-hybridized carbons (Fsp3) is 0.667. The number of fused-ring (bicyclic) bond motifs is 1. The molecule has 5 nitrogen and oxygen atoms in total. The molecule has 1 aromatic rings. The third-order valence-electron chi connectivity index (χ3n) is 4.74. The summed E-state index contributed by atoms with van der Waals surface area (Å²) < 4.78 is 5.70. The number of nitrogens with one attached hydrogen (secondary N) is 1. The Bertz CT molecular complexity index is 654. The minimum Gasteiger partial charge on any atom is -0.373 e. The standard InChI is InChI=1S/C18H25N3O2S/c1-11-4-5-14-15(7-19)18(24-16(14)6-11)20-17(22)10-21-8-12(2)23-13(3)9-21/h11-13H,4-6,8-10H2,1-3H3,(H,20,22)/t11-,12-,13-/m1/s1. The van der Waals surface area contributed by atoms with E-state index in [1.165, 1.54) is 4.88 Å². The molecule has 0 saturated carbocycles. The maximum Gasteiger partial charge on any atom is 0.239 e. The highest BCUT2D eigenvalue weighted by Crippen LogP contribution is 2.39. The molecule has 1 aromatic heterocycles. The fourth-order valence-electron chi connectivity index (χ4n) is 3.74. The Morgan fingerprint density at radius 3 is 2.75 bits per heavy atom. The number of hydrogen-bond acceptors (Lipinski definition) is 5. The lowest BCUT2D eigenvalue weighted by Crippen LogP contribution is -2.48. The summed E-state index contributed by atoms with van der Waals surface area (Å²) in [4.78, 5) is 15.8. The first-order chi connectivity index (χ1) is 11.5. The van der Waals surface area contributed by atoms with Gasteiger partial charge in [0, 0.05) is 18.0 Å². The monoisotopic (exact) mass is 347 g/mol. The maximum atomic E-state index is 12.4.